The van der Waals surface area contributed by atoms with E-state index in [1.54, 1.807) is 0 Å². The maximum atomic E-state index is 8.92. The predicted octanol–water partition coefficient (Wildman–Crippen LogP) is 2.32. The third-order valence-electron chi connectivity index (χ3n) is 3.22. The third kappa shape index (κ3) is 2.41. The number of hydrogen-bond acceptors (Lipinski definition) is 3. The summed E-state index contributed by atoms with van der Waals surface area (Å²) in [5, 5.41) is 8.92. The second-order valence-electron chi connectivity index (χ2n) is 4.36. The van der Waals surface area contributed by atoms with Gasteiger partial charge in [0.25, 0.3) is 0 Å². The molecule has 0 saturated heterocycles. The van der Waals surface area contributed by atoms with E-state index in [9.17, 15) is 0 Å². The van der Waals surface area contributed by atoms with Gasteiger partial charge in [-0.05, 0) is 25.0 Å². The van der Waals surface area contributed by atoms with Crippen LogP contribution in [-0.2, 0) is 0 Å². The van der Waals surface area contributed by atoms with Crippen LogP contribution >= 0.6 is 0 Å². The molecule has 1 aromatic heterocycles. The zero-order valence-corrected chi connectivity index (χ0v) is 8.98. The van der Waals surface area contributed by atoms with Crippen molar-refractivity contribution in [3.63, 3.8) is 0 Å². The molecule has 3 N–H and O–H groups in total. The van der Waals surface area contributed by atoms with Crippen LogP contribution in [0.3, 0.4) is 0 Å². The summed E-state index contributed by atoms with van der Waals surface area (Å²) in [7, 11) is 0. The summed E-state index contributed by atoms with van der Waals surface area (Å²) in [5.41, 5.74) is 5.69. The van der Waals surface area contributed by atoms with E-state index in [1.807, 2.05) is 12.1 Å². The number of aliphatic hydroxyl groups is 1. The predicted molar refractivity (Wildman–Crippen MR) is 58.5 cm³/mol. The summed E-state index contributed by atoms with van der Waals surface area (Å²) >= 11 is 0. The second-order valence-corrected chi connectivity index (χ2v) is 4.36. The van der Waals surface area contributed by atoms with Gasteiger partial charge in [-0.2, -0.15) is 0 Å². The molecule has 1 aliphatic rings. The standard InChI is InChI=1S/C12H19NO2/c13-10(8-14)12-7-6-11(15-12)9-4-2-1-3-5-9/h6-7,9-10,14H,1-5,8,13H2. The van der Waals surface area contributed by atoms with Crippen LogP contribution in [0.2, 0.25) is 0 Å². The van der Waals surface area contributed by atoms with Crippen LogP contribution in [0.5, 0.6) is 0 Å². The molecule has 0 amide bonds. The smallest absolute Gasteiger partial charge is 0.123 e. The summed E-state index contributed by atoms with van der Waals surface area (Å²) in [6, 6.07) is 3.54. The van der Waals surface area contributed by atoms with Gasteiger partial charge in [0.2, 0.25) is 0 Å². The molecule has 0 aromatic carbocycles. The Hall–Kier alpha value is -0.800. The molecule has 1 heterocycles. The molecule has 1 atom stereocenters. The Balaban J connectivity index is 2.05. The zero-order valence-electron chi connectivity index (χ0n) is 8.98. The Bertz CT molecular complexity index is 302. The monoisotopic (exact) mass is 209 g/mol. The first-order valence-corrected chi connectivity index (χ1v) is 5.77. The highest BCUT2D eigenvalue weighted by atomic mass is 16.3. The van der Waals surface area contributed by atoms with Gasteiger partial charge in [-0.15, -0.1) is 0 Å². The lowest BCUT2D eigenvalue weighted by Crippen LogP contribution is -2.13. The molecule has 1 unspecified atom stereocenters. The lowest BCUT2D eigenvalue weighted by molar-refractivity contribution is 0.246. The highest BCUT2D eigenvalue weighted by Gasteiger charge is 2.19. The molecular formula is C12H19NO2. The molecule has 3 heteroatoms. The van der Waals surface area contributed by atoms with Gasteiger partial charge < -0.3 is 15.3 Å². The van der Waals surface area contributed by atoms with Crippen LogP contribution in [0.1, 0.15) is 55.6 Å². The van der Waals surface area contributed by atoms with Crippen molar-refractivity contribution in [1.82, 2.24) is 0 Å². The Morgan fingerprint density at radius 3 is 2.73 bits per heavy atom. The van der Waals surface area contributed by atoms with Crippen molar-refractivity contribution in [2.45, 2.75) is 44.1 Å². The van der Waals surface area contributed by atoms with Crippen LogP contribution < -0.4 is 5.73 Å². The number of aliphatic hydroxyl groups excluding tert-OH is 1. The molecule has 1 aromatic rings. The van der Waals surface area contributed by atoms with E-state index in [0.717, 1.165) is 5.76 Å². The van der Waals surface area contributed by atoms with Crippen LogP contribution in [0.4, 0.5) is 0 Å². The van der Waals surface area contributed by atoms with Gasteiger partial charge in [-0.25, -0.2) is 0 Å². The first-order chi connectivity index (χ1) is 7.31. The van der Waals surface area contributed by atoms with Crippen molar-refractivity contribution in [2.24, 2.45) is 5.73 Å². The fraction of sp³-hybridized carbons (Fsp3) is 0.667. The van der Waals surface area contributed by atoms with E-state index < -0.39 is 0 Å². The summed E-state index contributed by atoms with van der Waals surface area (Å²) in [6.45, 7) is -0.0579. The zero-order chi connectivity index (χ0) is 10.7. The molecule has 3 nitrogen and oxygen atoms in total. The number of furan rings is 1. The Labute approximate surface area is 90.3 Å². The van der Waals surface area contributed by atoms with Gasteiger partial charge in [0.15, 0.2) is 0 Å². The average molecular weight is 209 g/mol. The van der Waals surface area contributed by atoms with Crippen molar-refractivity contribution in [1.29, 1.82) is 0 Å². The van der Waals surface area contributed by atoms with Crippen LogP contribution in [0.25, 0.3) is 0 Å². The Kier molecular flexibility index (Phi) is 3.44. The summed E-state index contributed by atoms with van der Waals surface area (Å²) < 4.78 is 5.69. The van der Waals surface area contributed by atoms with Crippen molar-refractivity contribution >= 4 is 0 Å². The molecule has 0 spiro atoms. The lowest BCUT2D eigenvalue weighted by atomic mass is 9.88. The maximum Gasteiger partial charge on any atom is 0.123 e. The van der Waals surface area contributed by atoms with E-state index in [1.165, 1.54) is 32.1 Å². The number of nitrogens with two attached hydrogens (primary N) is 1. The van der Waals surface area contributed by atoms with E-state index >= 15 is 0 Å². The minimum absolute atomic E-state index is 0.0579. The first kappa shape index (κ1) is 10.7. The largest absolute Gasteiger partial charge is 0.464 e. The first-order valence-electron chi connectivity index (χ1n) is 5.77. The van der Waals surface area contributed by atoms with Crippen molar-refractivity contribution in [2.75, 3.05) is 6.61 Å². The van der Waals surface area contributed by atoms with Gasteiger partial charge in [0.05, 0.1) is 12.6 Å². The molecule has 0 radical (unpaired) electrons. The van der Waals surface area contributed by atoms with Crippen molar-refractivity contribution < 1.29 is 9.52 Å². The quantitative estimate of drug-likeness (QED) is 0.803. The van der Waals surface area contributed by atoms with Gasteiger partial charge in [-0.3, -0.25) is 0 Å². The highest BCUT2D eigenvalue weighted by molar-refractivity contribution is 5.14. The maximum absolute atomic E-state index is 8.92. The summed E-state index contributed by atoms with van der Waals surface area (Å²) in [4.78, 5) is 0. The SMILES string of the molecule is NC(CO)c1ccc(C2CCCCC2)o1. The molecule has 15 heavy (non-hydrogen) atoms. The highest BCUT2D eigenvalue weighted by Crippen LogP contribution is 2.34. The number of rotatable bonds is 3. The van der Waals surface area contributed by atoms with Crippen LogP contribution in [0.15, 0.2) is 16.5 Å². The minimum atomic E-state index is -0.373. The lowest BCUT2D eigenvalue weighted by Gasteiger charge is -2.19. The number of hydrogen-bond donors (Lipinski definition) is 2. The summed E-state index contributed by atoms with van der Waals surface area (Å²) in [5.74, 6) is 2.32. The molecule has 84 valence electrons. The van der Waals surface area contributed by atoms with E-state index in [2.05, 4.69) is 0 Å². The molecule has 1 aliphatic carbocycles. The van der Waals surface area contributed by atoms with Gasteiger partial charge in [0, 0.05) is 5.92 Å². The Morgan fingerprint density at radius 1 is 1.33 bits per heavy atom. The van der Waals surface area contributed by atoms with Crippen molar-refractivity contribution in [3.8, 4) is 0 Å². The van der Waals surface area contributed by atoms with Gasteiger partial charge in [-0.1, -0.05) is 19.3 Å². The fourth-order valence-corrected chi connectivity index (χ4v) is 2.26. The molecule has 0 bridgehead atoms. The third-order valence-corrected chi connectivity index (χ3v) is 3.22. The van der Waals surface area contributed by atoms with Gasteiger partial charge in [0.1, 0.15) is 11.5 Å². The van der Waals surface area contributed by atoms with E-state index in [-0.39, 0.29) is 12.6 Å². The van der Waals surface area contributed by atoms with Crippen LogP contribution in [-0.4, -0.2) is 11.7 Å². The second kappa shape index (κ2) is 4.81. The molecule has 1 saturated carbocycles. The fourth-order valence-electron chi connectivity index (χ4n) is 2.26. The molecular weight excluding hydrogens is 190 g/mol. The molecule has 0 aliphatic heterocycles. The van der Waals surface area contributed by atoms with E-state index in [0.29, 0.717) is 11.7 Å². The normalized spacial score (nSPS) is 20.4. The molecule has 1 fully saturated rings. The van der Waals surface area contributed by atoms with E-state index in [4.69, 9.17) is 15.3 Å². The topological polar surface area (TPSA) is 59.4 Å². The average Bonchev–Trinajstić information content (AvgIpc) is 2.78. The van der Waals surface area contributed by atoms with Crippen LogP contribution in [0, 0.1) is 0 Å². The molecule has 2 rings (SSSR count). The Morgan fingerprint density at radius 2 is 2.07 bits per heavy atom. The minimum Gasteiger partial charge on any atom is -0.464 e. The van der Waals surface area contributed by atoms with Gasteiger partial charge >= 0.3 is 0 Å². The van der Waals surface area contributed by atoms with Crippen molar-refractivity contribution in [3.05, 3.63) is 23.7 Å². The summed E-state index contributed by atoms with van der Waals surface area (Å²) in [6.07, 6.45) is 6.39.